The molecule has 0 atom stereocenters. The van der Waals surface area contributed by atoms with Crippen LogP contribution in [0.25, 0.3) is 22.4 Å². The Morgan fingerprint density at radius 3 is 2.25 bits per heavy atom. The van der Waals surface area contributed by atoms with E-state index < -0.39 is 11.2 Å². The molecule has 0 spiro atoms. The lowest BCUT2D eigenvalue weighted by Gasteiger charge is -2.40. The number of rotatable bonds is 1. The fourth-order valence-electron chi connectivity index (χ4n) is 3.63. The van der Waals surface area contributed by atoms with Crippen molar-refractivity contribution < 1.29 is 10.2 Å². The minimum atomic E-state index is -1.95. The van der Waals surface area contributed by atoms with Crippen molar-refractivity contribution in [3.63, 3.8) is 0 Å². The average Bonchev–Trinajstić information content (AvgIpc) is 2.55. The van der Waals surface area contributed by atoms with Crippen molar-refractivity contribution in [1.29, 1.82) is 0 Å². The molecular weight excluding hydrogens is 296 g/mol. The number of aliphatic hydroxyl groups is 2. The van der Waals surface area contributed by atoms with Gasteiger partial charge >= 0.3 is 0 Å². The second-order valence-electron chi connectivity index (χ2n) is 7.03. The van der Waals surface area contributed by atoms with Gasteiger partial charge in [0, 0.05) is 11.0 Å². The van der Waals surface area contributed by atoms with Gasteiger partial charge in [0.2, 0.25) is 0 Å². The molecule has 0 saturated heterocycles. The molecule has 0 bridgehead atoms. The Morgan fingerprint density at radius 2 is 1.42 bits per heavy atom. The van der Waals surface area contributed by atoms with Crippen LogP contribution in [0.15, 0.2) is 66.7 Å². The van der Waals surface area contributed by atoms with Gasteiger partial charge in [0.05, 0.1) is 0 Å². The van der Waals surface area contributed by atoms with Gasteiger partial charge in [-0.3, -0.25) is 0 Å². The summed E-state index contributed by atoms with van der Waals surface area (Å²) in [5.74, 6) is -1.95. The van der Waals surface area contributed by atoms with Gasteiger partial charge in [-0.15, -0.1) is 0 Å². The van der Waals surface area contributed by atoms with Crippen molar-refractivity contribution in [2.75, 3.05) is 0 Å². The van der Waals surface area contributed by atoms with E-state index in [0.717, 1.165) is 26.8 Å². The van der Waals surface area contributed by atoms with Crippen LogP contribution < -0.4 is 10.4 Å². The van der Waals surface area contributed by atoms with Gasteiger partial charge in [-0.2, -0.15) is 0 Å². The highest BCUT2D eigenvalue weighted by molar-refractivity contribution is 5.95. The van der Waals surface area contributed by atoms with Crippen LogP contribution in [0.5, 0.6) is 0 Å². The highest BCUT2D eigenvalue weighted by Gasteiger charge is 2.46. The zero-order valence-electron chi connectivity index (χ0n) is 13.8. The van der Waals surface area contributed by atoms with E-state index in [1.807, 2.05) is 86.7 Å². The van der Waals surface area contributed by atoms with Crippen LogP contribution in [0.4, 0.5) is 0 Å². The van der Waals surface area contributed by atoms with Crippen LogP contribution >= 0.6 is 0 Å². The van der Waals surface area contributed by atoms with Crippen LogP contribution in [0, 0.1) is 5.41 Å². The lowest BCUT2D eigenvalue weighted by Crippen LogP contribution is -2.53. The van der Waals surface area contributed by atoms with E-state index in [0.29, 0.717) is 5.57 Å². The van der Waals surface area contributed by atoms with E-state index in [9.17, 15) is 10.2 Å². The number of hydrogen-bond donors (Lipinski definition) is 2. The molecule has 1 aliphatic rings. The summed E-state index contributed by atoms with van der Waals surface area (Å²) >= 11 is 0. The Labute approximate surface area is 141 Å². The molecule has 0 heterocycles. The van der Waals surface area contributed by atoms with Crippen LogP contribution in [-0.4, -0.2) is 16.0 Å². The van der Waals surface area contributed by atoms with Crippen LogP contribution in [0.3, 0.4) is 0 Å². The molecule has 0 fully saturated rings. The summed E-state index contributed by atoms with van der Waals surface area (Å²) in [6.07, 6.45) is 1.94. The lowest BCUT2D eigenvalue weighted by molar-refractivity contribution is -0.164. The molecule has 0 aliphatic heterocycles. The molecule has 0 radical (unpaired) electrons. The fraction of sp³-hybridized carbons (Fsp3) is 0.182. The molecule has 120 valence electrons. The second kappa shape index (κ2) is 5.04. The molecule has 24 heavy (non-hydrogen) atoms. The van der Waals surface area contributed by atoms with Gasteiger partial charge in [-0.1, -0.05) is 86.7 Å². The minimum Gasteiger partial charge on any atom is -0.361 e. The molecule has 4 rings (SSSR count). The third-order valence-corrected chi connectivity index (χ3v) is 5.05. The van der Waals surface area contributed by atoms with Gasteiger partial charge in [0.15, 0.2) is 5.79 Å². The van der Waals surface area contributed by atoms with Crippen molar-refractivity contribution in [2.45, 2.75) is 19.6 Å². The predicted molar refractivity (Wildman–Crippen MR) is 97.6 cm³/mol. The van der Waals surface area contributed by atoms with Crippen LogP contribution in [-0.2, 0) is 0 Å². The van der Waals surface area contributed by atoms with Crippen LogP contribution in [0.2, 0.25) is 0 Å². The van der Waals surface area contributed by atoms with E-state index in [4.69, 9.17) is 0 Å². The highest BCUT2D eigenvalue weighted by Crippen LogP contribution is 2.42. The maximum absolute atomic E-state index is 11.1. The lowest BCUT2D eigenvalue weighted by atomic mass is 9.72. The SMILES string of the molecule is CC1(C)C=c2ccccc2=C(c2cccc3ccccc23)C1(O)O. The fourth-order valence-corrected chi connectivity index (χ4v) is 3.63. The first kappa shape index (κ1) is 15.1. The van der Waals surface area contributed by atoms with Gasteiger partial charge in [-0.05, 0) is 26.8 Å². The smallest absolute Gasteiger partial charge is 0.199 e. The van der Waals surface area contributed by atoms with Crippen LogP contribution in [0.1, 0.15) is 19.4 Å². The molecule has 3 aromatic rings. The first-order chi connectivity index (χ1) is 11.4. The molecule has 2 N–H and O–H groups in total. The number of fused-ring (bicyclic) bond motifs is 2. The summed E-state index contributed by atoms with van der Waals surface area (Å²) in [6.45, 7) is 3.71. The first-order valence-corrected chi connectivity index (χ1v) is 8.17. The molecule has 0 unspecified atom stereocenters. The third-order valence-electron chi connectivity index (χ3n) is 5.05. The Hall–Kier alpha value is -2.42. The van der Waals surface area contributed by atoms with Gasteiger partial charge in [-0.25, -0.2) is 0 Å². The topological polar surface area (TPSA) is 40.5 Å². The predicted octanol–water partition coefficient (Wildman–Crippen LogP) is 2.54. The Balaban J connectivity index is 2.22. The summed E-state index contributed by atoms with van der Waals surface area (Å²) in [7, 11) is 0. The van der Waals surface area contributed by atoms with E-state index in [2.05, 4.69) is 0 Å². The van der Waals surface area contributed by atoms with E-state index in [-0.39, 0.29) is 0 Å². The van der Waals surface area contributed by atoms with Gasteiger partial charge < -0.3 is 10.2 Å². The summed E-state index contributed by atoms with van der Waals surface area (Å²) in [5.41, 5.74) is 0.641. The minimum absolute atomic E-state index is 0.572. The Kier molecular flexibility index (Phi) is 3.17. The number of benzene rings is 3. The monoisotopic (exact) mass is 316 g/mol. The van der Waals surface area contributed by atoms with E-state index in [1.54, 1.807) is 0 Å². The molecule has 1 aliphatic carbocycles. The summed E-state index contributed by atoms with van der Waals surface area (Å²) in [5, 5.41) is 26.2. The second-order valence-corrected chi connectivity index (χ2v) is 7.03. The van der Waals surface area contributed by atoms with Crippen molar-refractivity contribution in [2.24, 2.45) is 5.41 Å². The van der Waals surface area contributed by atoms with Crippen molar-refractivity contribution in [1.82, 2.24) is 0 Å². The molecule has 2 nitrogen and oxygen atoms in total. The van der Waals surface area contributed by atoms with Crippen molar-refractivity contribution >= 4 is 22.4 Å². The zero-order chi connectivity index (χ0) is 16.9. The summed E-state index contributed by atoms with van der Waals surface area (Å²) < 4.78 is 0. The first-order valence-electron chi connectivity index (χ1n) is 8.17. The molecule has 0 aromatic heterocycles. The maximum Gasteiger partial charge on any atom is 0.199 e. The number of hydrogen-bond acceptors (Lipinski definition) is 2. The molecular formula is C22H20O2. The van der Waals surface area contributed by atoms with Crippen molar-refractivity contribution in [3.8, 4) is 0 Å². The molecule has 2 heteroatoms. The largest absolute Gasteiger partial charge is 0.361 e. The Bertz CT molecular complexity index is 1050. The molecule has 3 aromatic carbocycles. The van der Waals surface area contributed by atoms with Gasteiger partial charge in [0.1, 0.15) is 0 Å². The summed E-state index contributed by atoms with van der Waals surface area (Å²) in [4.78, 5) is 0. The maximum atomic E-state index is 11.1. The summed E-state index contributed by atoms with van der Waals surface area (Å²) in [6, 6.07) is 21.9. The molecule has 0 saturated carbocycles. The highest BCUT2D eigenvalue weighted by atomic mass is 16.5. The van der Waals surface area contributed by atoms with Crippen molar-refractivity contribution in [3.05, 3.63) is 82.7 Å². The average molecular weight is 316 g/mol. The normalized spacial score (nSPS) is 18.1. The van der Waals surface area contributed by atoms with E-state index in [1.165, 1.54) is 0 Å². The van der Waals surface area contributed by atoms with Gasteiger partial charge in [0.25, 0.3) is 0 Å². The zero-order valence-corrected chi connectivity index (χ0v) is 13.8. The molecule has 0 amide bonds. The third kappa shape index (κ3) is 2.04. The Morgan fingerprint density at radius 1 is 0.750 bits per heavy atom. The standard InChI is InChI=1S/C22H20O2/c1-21(2)14-16-9-4-6-12-18(16)20(22(21,23)24)19-13-7-10-15-8-3-5-11-17(15)19/h3-14,23-24H,1-2H3. The van der Waals surface area contributed by atoms with E-state index >= 15 is 0 Å². The quantitative estimate of drug-likeness (QED) is 0.677.